The molecule has 1 saturated carbocycles. The molecule has 4 heteroatoms. The van der Waals surface area contributed by atoms with Crippen LogP contribution < -0.4 is 10.1 Å². The summed E-state index contributed by atoms with van der Waals surface area (Å²) in [5.41, 5.74) is 0.695. The summed E-state index contributed by atoms with van der Waals surface area (Å²) in [6.07, 6.45) is 4.95. The van der Waals surface area contributed by atoms with E-state index in [9.17, 15) is 4.79 Å². The fourth-order valence-corrected chi connectivity index (χ4v) is 3.15. The minimum absolute atomic E-state index is 0.00654. The van der Waals surface area contributed by atoms with Gasteiger partial charge in [0.2, 0.25) is 0 Å². The molecule has 116 valence electrons. The topological polar surface area (TPSA) is 38.3 Å². The van der Waals surface area contributed by atoms with E-state index in [1.54, 1.807) is 0 Å². The number of nitrogens with one attached hydrogen (secondary N) is 1. The van der Waals surface area contributed by atoms with Crippen molar-refractivity contribution in [2.24, 2.45) is 5.92 Å². The van der Waals surface area contributed by atoms with Gasteiger partial charge < -0.3 is 10.1 Å². The van der Waals surface area contributed by atoms with Crippen molar-refractivity contribution in [2.75, 3.05) is 6.54 Å². The van der Waals surface area contributed by atoms with Crippen LogP contribution in [0, 0.1) is 5.92 Å². The summed E-state index contributed by atoms with van der Waals surface area (Å²) in [5, 5.41) is 3.05. The molecular weight excluding hydrogens is 330 g/mol. The Bertz CT molecular complexity index is 450. The lowest BCUT2D eigenvalue weighted by Crippen LogP contribution is -2.31. The Morgan fingerprint density at radius 3 is 2.43 bits per heavy atom. The average Bonchev–Trinajstić information content (AvgIpc) is 2.46. The van der Waals surface area contributed by atoms with E-state index < -0.39 is 0 Å². The number of hydrogen-bond acceptors (Lipinski definition) is 2. The van der Waals surface area contributed by atoms with Crippen molar-refractivity contribution in [3.8, 4) is 5.75 Å². The number of amides is 1. The summed E-state index contributed by atoms with van der Waals surface area (Å²) in [7, 11) is 0. The predicted octanol–water partition coefficient (Wildman–Crippen LogP) is 4.16. The third kappa shape index (κ3) is 5.34. The zero-order valence-electron chi connectivity index (χ0n) is 12.8. The number of halogens is 1. The van der Waals surface area contributed by atoms with Crippen molar-refractivity contribution in [3.63, 3.8) is 0 Å². The quantitative estimate of drug-likeness (QED) is 0.807. The number of ether oxygens (including phenoxy) is 1. The van der Waals surface area contributed by atoms with Gasteiger partial charge in [0.1, 0.15) is 5.75 Å². The van der Waals surface area contributed by atoms with Crippen molar-refractivity contribution in [1.29, 1.82) is 0 Å². The Labute approximate surface area is 135 Å². The van der Waals surface area contributed by atoms with Crippen molar-refractivity contribution in [2.45, 2.75) is 50.5 Å². The zero-order chi connectivity index (χ0) is 15.2. The van der Waals surface area contributed by atoms with Gasteiger partial charge in [-0.15, -0.1) is 0 Å². The Balaban J connectivity index is 1.80. The summed E-state index contributed by atoms with van der Waals surface area (Å²) in [4.78, 5) is 12.8. The molecule has 1 aromatic rings. The highest BCUT2D eigenvalue weighted by Crippen LogP contribution is 2.28. The SMILES string of the molecule is CC(C)Oc1ccc(C(=O)NCC2CCC(Br)CC2)cc1. The van der Waals surface area contributed by atoms with Gasteiger partial charge in [-0.1, -0.05) is 15.9 Å². The Hall–Kier alpha value is -1.03. The van der Waals surface area contributed by atoms with Gasteiger partial charge in [-0.05, 0) is 69.7 Å². The molecule has 1 N–H and O–H groups in total. The molecule has 0 radical (unpaired) electrons. The monoisotopic (exact) mass is 353 g/mol. The lowest BCUT2D eigenvalue weighted by molar-refractivity contribution is 0.0944. The molecule has 2 rings (SSSR count). The lowest BCUT2D eigenvalue weighted by atomic mass is 9.89. The van der Waals surface area contributed by atoms with Crippen LogP contribution in [0.4, 0.5) is 0 Å². The van der Waals surface area contributed by atoms with E-state index in [4.69, 9.17) is 4.74 Å². The van der Waals surface area contributed by atoms with Gasteiger partial charge in [0.05, 0.1) is 6.10 Å². The second kappa shape index (κ2) is 7.83. The van der Waals surface area contributed by atoms with Gasteiger partial charge in [-0.25, -0.2) is 0 Å². The van der Waals surface area contributed by atoms with Crippen LogP contribution in [0.3, 0.4) is 0 Å². The maximum absolute atomic E-state index is 12.1. The molecule has 0 aromatic heterocycles. The number of carbonyl (C=O) groups is 1. The van der Waals surface area contributed by atoms with E-state index in [0.717, 1.165) is 12.3 Å². The number of carbonyl (C=O) groups excluding carboxylic acids is 1. The summed E-state index contributed by atoms with van der Waals surface area (Å²) >= 11 is 3.66. The van der Waals surface area contributed by atoms with Crippen molar-refractivity contribution in [1.82, 2.24) is 5.32 Å². The molecule has 1 amide bonds. The van der Waals surface area contributed by atoms with Gasteiger partial charge >= 0.3 is 0 Å². The highest BCUT2D eigenvalue weighted by atomic mass is 79.9. The van der Waals surface area contributed by atoms with E-state index >= 15 is 0 Å². The van der Waals surface area contributed by atoms with Crippen LogP contribution in [0.1, 0.15) is 49.9 Å². The van der Waals surface area contributed by atoms with E-state index in [2.05, 4.69) is 21.2 Å². The molecule has 1 aliphatic rings. The van der Waals surface area contributed by atoms with Gasteiger partial charge in [0.15, 0.2) is 0 Å². The molecule has 3 nitrogen and oxygen atoms in total. The minimum Gasteiger partial charge on any atom is -0.491 e. The number of benzene rings is 1. The Kier molecular flexibility index (Phi) is 6.09. The molecule has 0 aliphatic heterocycles. The predicted molar refractivity (Wildman–Crippen MR) is 89.2 cm³/mol. The van der Waals surface area contributed by atoms with Crippen LogP contribution in [0.15, 0.2) is 24.3 Å². The normalized spacial score (nSPS) is 22.1. The first-order valence-electron chi connectivity index (χ1n) is 7.73. The third-order valence-electron chi connectivity index (χ3n) is 3.82. The van der Waals surface area contributed by atoms with Crippen molar-refractivity contribution < 1.29 is 9.53 Å². The molecule has 1 fully saturated rings. The fourth-order valence-electron chi connectivity index (χ4n) is 2.62. The first-order valence-corrected chi connectivity index (χ1v) is 8.65. The van der Waals surface area contributed by atoms with E-state index in [1.165, 1.54) is 25.7 Å². The van der Waals surface area contributed by atoms with E-state index in [1.807, 2.05) is 38.1 Å². The van der Waals surface area contributed by atoms with Gasteiger partial charge in [0, 0.05) is 16.9 Å². The molecule has 0 heterocycles. The first-order chi connectivity index (χ1) is 10.0. The maximum atomic E-state index is 12.1. The summed E-state index contributed by atoms with van der Waals surface area (Å²) in [5.74, 6) is 1.43. The molecule has 0 spiro atoms. The summed E-state index contributed by atoms with van der Waals surface area (Å²) < 4.78 is 5.58. The number of hydrogen-bond donors (Lipinski definition) is 1. The second-order valence-corrected chi connectivity index (χ2v) is 7.31. The van der Waals surface area contributed by atoms with Crippen LogP contribution in [0.2, 0.25) is 0 Å². The highest BCUT2D eigenvalue weighted by molar-refractivity contribution is 9.09. The second-order valence-electron chi connectivity index (χ2n) is 6.02. The molecular formula is C17H24BrNO2. The summed E-state index contributed by atoms with van der Waals surface area (Å²) in [6, 6.07) is 7.35. The Morgan fingerprint density at radius 2 is 1.86 bits per heavy atom. The van der Waals surface area contributed by atoms with Crippen molar-refractivity contribution in [3.05, 3.63) is 29.8 Å². The molecule has 0 atom stereocenters. The summed E-state index contributed by atoms with van der Waals surface area (Å²) in [6.45, 7) is 4.76. The molecule has 21 heavy (non-hydrogen) atoms. The van der Waals surface area contributed by atoms with Crippen LogP contribution in [0.25, 0.3) is 0 Å². The van der Waals surface area contributed by atoms with Crippen LogP contribution in [-0.4, -0.2) is 23.4 Å². The number of alkyl halides is 1. The smallest absolute Gasteiger partial charge is 0.251 e. The molecule has 1 aliphatic carbocycles. The average molecular weight is 354 g/mol. The largest absolute Gasteiger partial charge is 0.491 e. The molecule has 0 bridgehead atoms. The maximum Gasteiger partial charge on any atom is 0.251 e. The Morgan fingerprint density at radius 1 is 1.24 bits per heavy atom. The zero-order valence-corrected chi connectivity index (χ0v) is 14.4. The van der Waals surface area contributed by atoms with E-state index in [0.29, 0.717) is 16.3 Å². The minimum atomic E-state index is 0.00654. The molecule has 0 saturated heterocycles. The van der Waals surface area contributed by atoms with Gasteiger partial charge in [0.25, 0.3) is 5.91 Å². The number of rotatable bonds is 5. The van der Waals surface area contributed by atoms with Crippen LogP contribution in [-0.2, 0) is 0 Å². The lowest BCUT2D eigenvalue weighted by Gasteiger charge is -2.25. The van der Waals surface area contributed by atoms with Crippen LogP contribution in [0.5, 0.6) is 5.75 Å². The van der Waals surface area contributed by atoms with Crippen LogP contribution >= 0.6 is 15.9 Å². The van der Waals surface area contributed by atoms with Gasteiger partial charge in [-0.2, -0.15) is 0 Å². The standard InChI is InChI=1S/C17H24BrNO2/c1-12(2)21-16-9-5-14(6-10-16)17(20)19-11-13-3-7-15(18)8-4-13/h5-6,9-10,12-13,15H,3-4,7-8,11H2,1-2H3,(H,19,20). The highest BCUT2D eigenvalue weighted by Gasteiger charge is 2.19. The molecule has 0 unspecified atom stereocenters. The molecule has 1 aromatic carbocycles. The van der Waals surface area contributed by atoms with Crippen molar-refractivity contribution >= 4 is 21.8 Å². The van der Waals surface area contributed by atoms with E-state index in [-0.39, 0.29) is 12.0 Å². The fraction of sp³-hybridized carbons (Fsp3) is 0.588. The first kappa shape index (κ1) is 16.3. The third-order valence-corrected chi connectivity index (χ3v) is 4.73. The van der Waals surface area contributed by atoms with Gasteiger partial charge in [-0.3, -0.25) is 4.79 Å².